The summed E-state index contributed by atoms with van der Waals surface area (Å²) in [6.45, 7) is 4.58. The lowest BCUT2D eigenvalue weighted by molar-refractivity contribution is -0.136. The summed E-state index contributed by atoms with van der Waals surface area (Å²) in [5.41, 5.74) is 4.21. The topological polar surface area (TPSA) is 101 Å². The maximum Gasteiger partial charge on any atom is 0.304 e. The summed E-state index contributed by atoms with van der Waals surface area (Å²) in [5, 5.41) is 15.9. The number of anilines is 1. The Morgan fingerprint density at radius 2 is 2.00 bits per heavy atom. The fraction of sp³-hybridized carbons (Fsp3) is 0.444. The van der Waals surface area contributed by atoms with Gasteiger partial charge in [-0.05, 0) is 81.1 Å². The highest BCUT2D eigenvalue weighted by Crippen LogP contribution is 2.32. The molecule has 0 bridgehead atoms. The van der Waals surface area contributed by atoms with Gasteiger partial charge in [-0.1, -0.05) is 5.16 Å². The molecule has 0 radical (unpaired) electrons. The quantitative estimate of drug-likeness (QED) is 0.369. The molecule has 1 atom stereocenters. The van der Waals surface area contributed by atoms with E-state index in [1.807, 2.05) is 12.1 Å². The third-order valence-electron chi connectivity index (χ3n) is 6.56. The summed E-state index contributed by atoms with van der Waals surface area (Å²) in [4.78, 5) is 17.6. The number of aliphatic carboxylic acids is 1. The van der Waals surface area contributed by atoms with Gasteiger partial charge < -0.3 is 24.6 Å². The molecule has 1 fully saturated rings. The molecule has 2 aromatic carbocycles. The molecule has 36 heavy (non-hydrogen) atoms. The van der Waals surface area contributed by atoms with Crippen LogP contribution >= 0.6 is 0 Å². The molecule has 1 aliphatic heterocycles. The Labute approximate surface area is 210 Å². The Balaban J connectivity index is 1.51. The van der Waals surface area contributed by atoms with Crippen molar-refractivity contribution in [3.8, 4) is 22.8 Å². The molecule has 1 saturated heterocycles. The Morgan fingerprint density at radius 3 is 2.78 bits per heavy atom. The summed E-state index contributed by atoms with van der Waals surface area (Å²) in [7, 11) is 1.69. The highest BCUT2D eigenvalue weighted by molar-refractivity contribution is 5.67. The Bertz CT molecular complexity index is 1180. The number of nitrogens with zero attached hydrogens (tertiary/aromatic N) is 3. The zero-order chi connectivity index (χ0) is 25.5. The van der Waals surface area contributed by atoms with Gasteiger partial charge in [0, 0.05) is 48.6 Å². The molecule has 8 nitrogen and oxygen atoms in total. The van der Waals surface area contributed by atoms with Crippen LogP contribution in [0.2, 0.25) is 0 Å². The molecular formula is C27H33FN4O4. The molecule has 1 aliphatic rings. The minimum Gasteiger partial charge on any atom is -0.481 e. The van der Waals surface area contributed by atoms with E-state index in [4.69, 9.17) is 14.4 Å². The number of hydrogen-bond acceptors (Lipinski definition) is 7. The number of methoxy groups -OCH3 is 1. The number of piperidine rings is 1. The van der Waals surface area contributed by atoms with E-state index in [2.05, 4.69) is 33.3 Å². The summed E-state index contributed by atoms with van der Waals surface area (Å²) in [6, 6.07) is 11.3. The van der Waals surface area contributed by atoms with Gasteiger partial charge >= 0.3 is 5.97 Å². The first-order valence-corrected chi connectivity index (χ1v) is 12.4. The van der Waals surface area contributed by atoms with Crippen LogP contribution in [0.4, 0.5) is 10.1 Å². The van der Waals surface area contributed by atoms with E-state index < -0.39 is 5.97 Å². The van der Waals surface area contributed by atoms with Crippen LogP contribution < -0.4 is 10.2 Å². The lowest BCUT2D eigenvalue weighted by atomic mass is 10.00. The van der Waals surface area contributed by atoms with Crippen LogP contribution in [-0.4, -0.2) is 54.0 Å². The van der Waals surface area contributed by atoms with Crippen molar-refractivity contribution in [1.82, 2.24) is 15.5 Å². The molecule has 2 N–H and O–H groups in total. The lowest BCUT2D eigenvalue weighted by Gasteiger charge is -2.36. The van der Waals surface area contributed by atoms with E-state index in [1.165, 1.54) is 31.0 Å². The number of ether oxygens (including phenoxy) is 1. The van der Waals surface area contributed by atoms with Crippen molar-refractivity contribution in [2.75, 3.05) is 31.6 Å². The number of halogens is 1. The van der Waals surface area contributed by atoms with Gasteiger partial charge in [-0.3, -0.25) is 4.79 Å². The van der Waals surface area contributed by atoms with Crippen molar-refractivity contribution in [1.29, 1.82) is 0 Å². The summed E-state index contributed by atoms with van der Waals surface area (Å²) < 4.78 is 25.4. The third kappa shape index (κ3) is 6.27. The number of carboxylic acids is 1. The van der Waals surface area contributed by atoms with Gasteiger partial charge in [-0.25, -0.2) is 4.39 Å². The first-order valence-electron chi connectivity index (χ1n) is 12.4. The van der Waals surface area contributed by atoms with Gasteiger partial charge in [0.1, 0.15) is 5.82 Å². The molecule has 0 saturated carbocycles. The van der Waals surface area contributed by atoms with Crippen LogP contribution in [0.1, 0.15) is 43.7 Å². The van der Waals surface area contributed by atoms with Crippen molar-refractivity contribution in [2.45, 2.75) is 51.7 Å². The van der Waals surface area contributed by atoms with E-state index in [9.17, 15) is 9.18 Å². The SMILES string of the molecule is COCc1cc(-c2nc(-c3ccc(F)c(CCNCCC(=O)O)c3)no2)ccc1N1CCCCC1C. The van der Waals surface area contributed by atoms with E-state index in [0.29, 0.717) is 55.0 Å². The highest BCUT2D eigenvalue weighted by atomic mass is 19.1. The summed E-state index contributed by atoms with van der Waals surface area (Å²) in [5.74, 6) is -0.420. The number of aromatic nitrogens is 2. The van der Waals surface area contributed by atoms with Gasteiger partial charge in [-0.15, -0.1) is 0 Å². The van der Waals surface area contributed by atoms with Crippen LogP contribution in [-0.2, 0) is 22.6 Å². The van der Waals surface area contributed by atoms with Crippen LogP contribution in [0, 0.1) is 5.82 Å². The third-order valence-corrected chi connectivity index (χ3v) is 6.56. The van der Waals surface area contributed by atoms with Gasteiger partial charge in [0.2, 0.25) is 5.82 Å². The monoisotopic (exact) mass is 496 g/mol. The second kappa shape index (κ2) is 12.1. The van der Waals surface area contributed by atoms with E-state index in [1.54, 1.807) is 19.2 Å². The average molecular weight is 497 g/mol. The standard InChI is InChI=1S/C27H33FN4O4/c1-18-5-3-4-14-32(18)24-9-7-21(16-22(24)17-35-2)27-30-26(31-36-27)20-6-8-23(28)19(15-20)10-12-29-13-11-25(33)34/h6-9,15-16,18,29H,3-5,10-14,17H2,1-2H3,(H,33,34). The number of carboxylic acid groups (broad SMARTS) is 1. The molecule has 192 valence electrons. The Morgan fingerprint density at radius 1 is 1.19 bits per heavy atom. The van der Waals surface area contributed by atoms with Crippen molar-refractivity contribution >= 4 is 11.7 Å². The van der Waals surface area contributed by atoms with Gasteiger partial charge in [0.05, 0.1) is 13.0 Å². The predicted octanol–water partition coefficient (Wildman–Crippen LogP) is 4.67. The fourth-order valence-electron chi connectivity index (χ4n) is 4.63. The number of nitrogens with one attached hydrogen (secondary N) is 1. The summed E-state index contributed by atoms with van der Waals surface area (Å²) in [6.07, 6.45) is 4.06. The first kappa shape index (κ1) is 25.8. The van der Waals surface area contributed by atoms with Crippen molar-refractivity contribution in [2.24, 2.45) is 0 Å². The minimum absolute atomic E-state index is 0.0261. The van der Waals surface area contributed by atoms with Crippen LogP contribution in [0.25, 0.3) is 22.8 Å². The molecular weight excluding hydrogens is 463 g/mol. The van der Waals surface area contributed by atoms with Crippen molar-refractivity contribution in [3.05, 3.63) is 53.3 Å². The predicted molar refractivity (Wildman–Crippen MR) is 135 cm³/mol. The van der Waals surface area contributed by atoms with Crippen LogP contribution in [0.5, 0.6) is 0 Å². The normalized spacial score (nSPS) is 15.9. The zero-order valence-electron chi connectivity index (χ0n) is 20.8. The molecule has 9 heteroatoms. The van der Waals surface area contributed by atoms with Crippen LogP contribution in [0.15, 0.2) is 40.9 Å². The molecule has 2 heterocycles. The van der Waals surface area contributed by atoms with Gasteiger partial charge in [-0.2, -0.15) is 4.98 Å². The van der Waals surface area contributed by atoms with Gasteiger partial charge in [0.25, 0.3) is 5.89 Å². The molecule has 0 spiro atoms. The molecule has 3 aromatic rings. The number of carbonyl (C=O) groups is 1. The maximum absolute atomic E-state index is 14.3. The average Bonchev–Trinajstić information content (AvgIpc) is 3.36. The van der Waals surface area contributed by atoms with Crippen molar-refractivity contribution < 1.29 is 23.6 Å². The molecule has 4 rings (SSSR count). The van der Waals surface area contributed by atoms with E-state index in [0.717, 1.165) is 17.7 Å². The minimum atomic E-state index is -0.867. The maximum atomic E-state index is 14.3. The number of hydrogen-bond donors (Lipinski definition) is 2. The van der Waals surface area contributed by atoms with Crippen molar-refractivity contribution in [3.63, 3.8) is 0 Å². The fourth-order valence-corrected chi connectivity index (χ4v) is 4.63. The second-order valence-corrected chi connectivity index (χ2v) is 9.19. The lowest BCUT2D eigenvalue weighted by Crippen LogP contribution is -2.38. The number of rotatable bonds is 11. The molecule has 0 aliphatic carbocycles. The highest BCUT2D eigenvalue weighted by Gasteiger charge is 2.22. The molecule has 0 amide bonds. The smallest absolute Gasteiger partial charge is 0.304 e. The van der Waals surface area contributed by atoms with Gasteiger partial charge in [0.15, 0.2) is 0 Å². The zero-order valence-corrected chi connectivity index (χ0v) is 20.8. The first-order chi connectivity index (χ1) is 17.5. The second-order valence-electron chi connectivity index (χ2n) is 9.19. The van der Waals surface area contributed by atoms with E-state index >= 15 is 0 Å². The van der Waals surface area contributed by atoms with E-state index in [-0.39, 0.29) is 12.2 Å². The summed E-state index contributed by atoms with van der Waals surface area (Å²) >= 11 is 0. The Kier molecular flexibility index (Phi) is 8.66. The number of benzene rings is 2. The largest absolute Gasteiger partial charge is 0.481 e. The molecule has 1 unspecified atom stereocenters. The van der Waals surface area contributed by atoms with Crippen LogP contribution in [0.3, 0.4) is 0 Å². The molecule has 1 aromatic heterocycles. The Hall–Kier alpha value is -3.30.